The fourth-order valence-electron chi connectivity index (χ4n) is 1.58. The molecule has 1 saturated heterocycles. The van der Waals surface area contributed by atoms with Gasteiger partial charge in [-0.15, -0.1) is 0 Å². The van der Waals surface area contributed by atoms with Crippen LogP contribution < -0.4 is 0 Å². The molecule has 11 heavy (non-hydrogen) atoms. The summed E-state index contributed by atoms with van der Waals surface area (Å²) in [6, 6.07) is 0. The van der Waals surface area contributed by atoms with Gasteiger partial charge in [0, 0.05) is 5.92 Å². The van der Waals surface area contributed by atoms with Gasteiger partial charge in [-0.05, 0) is 13.3 Å². The molecule has 1 N–H and O–H groups in total. The second kappa shape index (κ2) is 4.07. The minimum absolute atomic E-state index is 0.0526. The van der Waals surface area contributed by atoms with E-state index in [0.717, 1.165) is 13.0 Å². The third kappa shape index (κ3) is 2.17. The Morgan fingerprint density at radius 2 is 2.27 bits per heavy atom. The first-order valence-corrected chi connectivity index (χ1v) is 4.55. The molecule has 0 aromatic rings. The summed E-state index contributed by atoms with van der Waals surface area (Å²) >= 11 is 0. The van der Waals surface area contributed by atoms with Crippen molar-refractivity contribution in [1.29, 1.82) is 0 Å². The summed E-state index contributed by atoms with van der Waals surface area (Å²) in [4.78, 5) is 0. The molecule has 1 aliphatic rings. The van der Waals surface area contributed by atoms with Crippen molar-refractivity contribution in [3.8, 4) is 0 Å². The molecule has 0 aliphatic carbocycles. The Morgan fingerprint density at radius 3 is 2.73 bits per heavy atom. The molecule has 1 heterocycles. The fourth-order valence-corrected chi connectivity index (χ4v) is 1.58. The largest absolute Gasteiger partial charge is 0.390 e. The van der Waals surface area contributed by atoms with Crippen molar-refractivity contribution in [2.24, 2.45) is 5.92 Å². The third-order valence-corrected chi connectivity index (χ3v) is 2.47. The molecule has 1 aliphatic heterocycles. The number of hydrogen-bond donors (Lipinski definition) is 1. The van der Waals surface area contributed by atoms with Crippen LogP contribution in [0.1, 0.15) is 33.1 Å². The molecular weight excluding hydrogens is 140 g/mol. The maximum absolute atomic E-state index is 9.56. The molecule has 0 aromatic carbocycles. The topological polar surface area (TPSA) is 29.5 Å². The average Bonchev–Trinajstić information content (AvgIpc) is 2.31. The van der Waals surface area contributed by atoms with Crippen LogP contribution in [0.3, 0.4) is 0 Å². The monoisotopic (exact) mass is 158 g/mol. The molecule has 66 valence electrons. The highest BCUT2D eigenvalue weighted by atomic mass is 16.5. The molecule has 2 heteroatoms. The summed E-state index contributed by atoms with van der Waals surface area (Å²) in [6.07, 6.45) is 3.36. The van der Waals surface area contributed by atoms with Crippen LogP contribution in [0.15, 0.2) is 0 Å². The van der Waals surface area contributed by atoms with E-state index in [1.54, 1.807) is 0 Å². The molecular formula is C9H18O2. The zero-order valence-electron chi connectivity index (χ0n) is 7.42. The van der Waals surface area contributed by atoms with E-state index in [0.29, 0.717) is 5.92 Å². The van der Waals surface area contributed by atoms with Crippen molar-refractivity contribution in [2.75, 3.05) is 6.61 Å². The van der Waals surface area contributed by atoms with Gasteiger partial charge in [0.25, 0.3) is 0 Å². The Morgan fingerprint density at radius 1 is 1.55 bits per heavy atom. The zero-order valence-corrected chi connectivity index (χ0v) is 7.42. The van der Waals surface area contributed by atoms with Gasteiger partial charge in [-0.2, -0.15) is 0 Å². The Bertz CT molecular complexity index is 114. The summed E-state index contributed by atoms with van der Waals surface area (Å²) in [5.41, 5.74) is 0. The Balaban J connectivity index is 2.24. The number of rotatable bonds is 3. The lowest BCUT2D eigenvalue weighted by molar-refractivity contribution is 0.0511. The van der Waals surface area contributed by atoms with Gasteiger partial charge in [0.05, 0.1) is 18.8 Å². The van der Waals surface area contributed by atoms with Gasteiger partial charge in [-0.3, -0.25) is 0 Å². The van der Waals surface area contributed by atoms with E-state index in [1.165, 1.54) is 12.8 Å². The molecule has 1 rings (SSSR count). The van der Waals surface area contributed by atoms with Crippen LogP contribution in [-0.4, -0.2) is 23.9 Å². The van der Waals surface area contributed by atoms with E-state index in [9.17, 15) is 5.11 Å². The molecule has 0 bridgehead atoms. The van der Waals surface area contributed by atoms with Gasteiger partial charge in [0.2, 0.25) is 0 Å². The van der Waals surface area contributed by atoms with Crippen LogP contribution in [0.25, 0.3) is 0 Å². The third-order valence-electron chi connectivity index (χ3n) is 2.47. The van der Waals surface area contributed by atoms with Gasteiger partial charge >= 0.3 is 0 Å². The second-order valence-corrected chi connectivity index (χ2v) is 3.43. The smallest absolute Gasteiger partial charge is 0.0849 e. The summed E-state index contributed by atoms with van der Waals surface area (Å²) in [5.74, 6) is 0.393. The van der Waals surface area contributed by atoms with Crippen molar-refractivity contribution >= 4 is 0 Å². The van der Waals surface area contributed by atoms with E-state index in [4.69, 9.17) is 4.74 Å². The summed E-state index contributed by atoms with van der Waals surface area (Å²) in [7, 11) is 0. The fraction of sp³-hybridized carbons (Fsp3) is 1.00. The molecule has 2 nitrogen and oxygen atoms in total. The molecule has 0 radical (unpaired) electrons. The van der Waals surface area contributed by atoms with Crippen molar-refractivity contribution < 1.29 is 9.84 Å². The highest BCUT2D eigenvalue weighted by molar-refractivity contribution is 4.80. The molecule has 0 saturated carbocycles. The Hall–Kier alpha value is -0.0800. The molecule has 0 amide bonds. The van der Waals surface area contributed by atoms with Gasteiger partial charge in [0.15, 0.2) is 0 Å². The van der Waals surface area contributed by atoms with E-state index in [2.05, 4.69) is 6.92 Å². The van der Waals surface area contributed by atoms with Gasteiger partial charge < -0.3 is 9.84 Å². The van der Waals surface area contributed by atoms with Crippen molar-refractivity contribution in [2.45, 2.75) is 45.3 Å². The summed E-state index contributed by atoms with van der Waals surface area (Å²) < 4.78 is 5.32. The molecule has 0 aromatic heterocycles. The number of ether oxygens (including phenoxy) is 1. The van der Waals surface area contributed by atoms with Crippen molar-refractivity contribution in [3.63, 3.8) is 0 Å². The SMILES string of the molecule is CCCCC1COC(C)C1O. The predicted molar refractivity (Wildman–Crippen MR) is 44.4 cm³/mol. The minimum atomic E-state index is -0.221. The van der Waals surface area contributed by atoms with Crippen LogP contribution in [0, 0.1) is 5.92 Å². The van der Waals surface area contributed by atoms with E-state index in [1.807, 2.05) is 6.92 Å². The Labute approximate surface area is 68.6 Å². The van der Waals surface area contributed by atoms with Crippen LogP contribution in [-0.2, 0) is 4.74 Å². The van der Waals surface area contributed by atoms with Crippen LogP contribution in [0.2, 0.25) is 0 Å². The molecule has 1 fully saturated rings. The predicted octanol–water partition coefficient (Wildman–Crippen LogP) is 1.57. The number of unbranched alkanes of at least 4 members (excludes halogenated alkanes) is 1. The van der Waals surface area contributed by atoms with Crippen molar-refractivity contribution in [1.82, 2.24) is 0 Å². The summed E-state index contributed by atoms with van der Waals surface area (Å²) in [5, 5.41) is 9.56. The van der Waals surface area contributed by atoms with Crippen LogP contribution in [0.4, 0.5) is 0 Å². The quantitative estimate of drug-likeness (QED) is 0.675. The maximum atomic E-state index is 9.56. The van der Waals surface area contributed by atoms with E-state index >= 15 is 0 Å². The first-order valence-electron chi connectivity index (χ1n) is 4.55. The maximum Gasteiger partial charge on any atom is 0.0849 e. The van der Waals surface area contributed by atoms with E-state index < -0.39 is 0 Å². The minimum Gasteiger partial charge on any atom is -0.390 e. The van der Waals surface area contributed by atoms with Crippen LogP contribution in [0.5, 0.6) is 0 Å². The Kier molecular flexibility index (Phi) is 3.34. The first-order chi connectivity index (χ1) is 5.25. The van der Waals surface area contributed by atoms with Gasteiger partial charge in [0.1, 0.15) is 0 Å². The second-order valence-electron chi connectivity index (χ2n) is 3.43. The lowest BCUT2D eigenvalue weighted by atomic mass is 9.97. The van der Waals surface area contributed by atoms with Gasteiger partial charge in [-0.1, -0.05) is 19.8 Å². The van der Waals surface area contributed by atoms with Crippen molar-refractivity contribution in [3.05, 3.63) is 0 Å². The number of aliphatic hydroxyl groups excluding tert-OH is 1. The van der Waals surface area contributed by atoms with E-state index in [-0.39, 0.29) is 12.2 Å². The highest BCUT2D eigenvalue weighted by Gasteiger charge is 2.31. The van der Waals surface area contributed by atoms with Gasteiger partial charge in [-0.25, -0.2) is 0 Å². The molecule has 0 spiro atoms. The lowest BCUT2D eigenvalue weighted by Gasteiger charge is -2.13. The molecule has 3 unspecified atom stereocenters. The normalized spacial score (nSPS) is 37.9. The van der Waals surface area contributed by atoms with Crippen LogP contribution >= 0.6 is 0 Å². The zero-order chi connectivity index (χ0) is 8.27. The first kappa shape index (κ1) is 9.01. The number of aliphatic hydroxyl groups is 1. The average molecular weight is 158 g/mol. The summed E-state index contributed by atoms with van der Waals surface area (Å²) in [6.45, 7) is 4.87. The number of hydrogen-bond acceptors (Lipinski definition) is 2. The lowest BCUT2D eigenvalue weighted by Crippen LogP contribution is -2.23. The highest BCUT2D eigenvalue weighted by Crippen LogP contribution is 2.24. The molecule has 3 atom stereocenters. The standard InChI is InChI=1S/C9H18O2/c1-3-4-5-8-6-11-7(2)9(8)10/h7-10H,3-6H2,1-2H3.